The number of alkyl halides is 10. The predicted octanol–water partition coefficient (Wildman–Crippen LogP) is 6.44. The highest BCUT2D eigenvalue weighted by Gasteiger charge is 2.74. The van der Waals surface area contributed by atoms with Crippen molar-refractivity contribution in [2.24, 2.45) is 11.8 Å². The summed E-state index contributed by atoms with van der Waals surface area (Å²) in [6, 6.07) is 0. The van der Waals surface area contributed by atoms with Crippen molar-refractivity contribution in [2.75, 3.05) is 0 Å². The summed E-state index contributed by atoms with van der Waals surface area (Å²) in [4.78, 5) is 0. The molecule has 0 N–H and O–H groups in total. The minimum Gasteiger partial charge on any atom is -0.371 e. The molecule has 0 bridgehead atoms. The molecule has 2 radical (unpaired) electrons. The van der Waals surface area contributed by atoms with E-state index in [2.05, 4.69) is 0 Å². The van der Waals surface area contributed by atoms with E-state index >= 15 is 0 Å². The van der Waals surface area contributed by atoms with Gasteiger partial charge in [0, 0.05) is 0 Å². The van der Waals surface area contributed by atoms with Gasteiger partial charge in [-0.3, -0.25) is 0 Å². The topological polar surface area (TPSA) is 9.23 Å². The Hall–Kier alpha value is -0.810. The van der Waals surface area contributed by atoms with Gasteiger partial charge < -0.3 is 4.74 Å². The maximum atomic E-state index is 14.3. The van der Waals surface area contributed by atoms with Gasteiger partial charge in [-0.05, 0) is 50.9 Å². The minimum atomic E-state index is -6.19. The highest BCUT2D eigenvalue weighted by atomic mass is 19.4. The summed E-state index contributed by atoms with van der Waals surface area (Å²) in [5, 5.41) is 0. The SMILES string of the molecule is F[C](C(F)(F)F)C(F)(C1CCC(CCC2C[CH]C(C(F)(F)F)C2)O1)C(F)(F)F. The second-order valence-electron chi connectivity index (χ2n) is 7.14. The molecule has 2 fully saturated rings. The third kappa shape index (κ3) is 4.84. The largest absolute Gasteiger partial charge is 0.429 e. The molecule has 5 atom stereocenters. The van der Waals surface area contributed by atoms with Gasteiger partial charge in [0.15, 0.2) is 0 Å². The molecular weight excluding hydrogens is 417 g/mol. The Balaban J connectivity index is 1.96. The molecule has 0 amide bonds. The van der Waals surface area contributed by atoms with Crippen molar-refractivity contribution in [1.82, 2.24) is 0 Å². The molecule has 164 valence electrons. The fraction of sp³-hybridized carbons (Fsp3) is 0.875. The first-order chi connectivity index (χ1) is 12.6. The Kier molecular flexibility index (Phi) is 6.53. The zero-order valence-corrected chi connectivity index (χ0v) is 14.2. The number of halogens is 11. The molecule has 2 aliphatic rings. The third-order valence-corrected chi connectivity index (χ3v) is 5.19. The molecule has 0 aromatic carbocycles. The quantitative estimate of drug-likeness (QED) is 0.453. The average Bonchev–Trinajstić information content (AvgIpc) is 3.18. The van der Waals surface area contributed by atoms with Crippen LogP contribution in [-0.4, -0.2) is 36.4 Å². The van der Waals surface area contributed by atoms with E-state index in [1.165, 1.54) is 0 Å². The molecule has 1 heterocycles. The molecule has 1 saturated carbocycles. The van der Waals surface area contributed by atoms with Crippen molar-refractivity contribution in [3.05, 3.63) is 12.6 Å². The Morgan fingerprint density at radius 2 is 1.50 bits per heavy atom. The van der Waals surface area contributed by atoms with Crippen LogP contribution < -0.4 is 0 Å². The van der Waals surface area contributed by atoms with Crippen LogP contribution in [0.5, 0.6) is 0 Å². The van der Waals surface area contributed by atoms with E-state index in [9.17, 15) is 48.3 Å². The van der Waals surface area contributed by atoms with E-state index in [4.69, 9.17) is 4.74 Å². The molecule has 28 heavy (non-hydrogen) atoms. The Bertz CT molecular complexity index is 526. The fourth-order valence-corrected chi connectivity index (χ4v) is 3.70. The standard InChI is InChI=1S/C16H17F11O/c17-12(15(22,23)24)13(18,16(25,26)27)11-6-5-10(28-11)4-2-8-1-3-9(7-8)14(19,20)21/h3,8-11H,1-2,4-7H2. The summed E-state index contributed by atoms with van der Waals surface area (Å²) in [5.41, 5.74) is -5.33. The van der Waals surface area contributed by atoms with Crippen LogP contribution in [0.15, 0.2) is 0 Å². The third-order valence-electron chi connectivity index (χ3n) is 5.19. The van der Waals surface area contributed by atoms with E-state index in [1.54, 1.807) is 0 Å². The lowest BCUT2D eigenvalue weighted by atomic mass is 9.89. The van der Waals surface area contributed by atoms with E-state index in [0.29, 0.717) is 0 Å². The van der Waals surface area contributed by atoms with Gasteiger partial charge in [-0.1, -0.05) is 0 Å². The summed E-state index contributed by atoms with van der Waals surface area (Å²) in [7, 11) is 0. The minimum absolute atomic E-state index is 0.0544. The van der Waals surface area contributed by atoms with Crippen molar-refractivity contribution in [3.8, 4) is 0 Å². The summed E-state index contributed by atoms with van der Waals surface area (Å²) in [6.07, 6.45) is -24.3. The maximum absolute atomic E-state index is 14.3. The summed E-state index contributed by atoms with van der Waals surface area (Å²) < 4.78 is 146. The Labute approximate surface area is 153 Å². The van der Waals surface area contributed by atoms with Gasteiger partial charge in [0.25, 0.3) is 11.8 Å². The number of hydrogen-bond acceptors (Lipinski definition) is 1. The van der Waals surface area contributed by atoms with E-state index in [1.807, 2.05) is 0 Å². The lowest BCUT2D eigenvalue weighted by Crippen LogP contribution is -2.57. The van der Waals surface area contributed by atoms with Crippen LogP contribution in [0, 0.1) is 24.4 Å². The summed E-state index contributed by atoms with van der Waals surface area (Å²) in [5.74, 6) is -2.00. The van der Waals surface area contributed by atoms with Crippen molar-refractivity contribution in [1.29, 1.82) is 0 Å². The Morgan fingerprint density at radius 1 is 0.893 bits per heavy atom. The lowest BCUT2D eigenvalue weighted by Gasteiger charge is -2.35. The van der Waals surface area contributed by atoms with Crippen LogP contribution in [0.3, 0.4) is 0 Å². The van der Waals surface area contributed by atoms with E-state index < -0.39 is 60.8 Å². The predicted molar refractivity (Wildman–Crippen MR) is 74.0 cm³/mol. The van der Waals surface area contributed by atoms with Gasteiger partial charge in [-0.2, -0.15) is 39.5 Å². The molecule has 0 aromatic rings. The molecular formula is C16H17F11O. The second-order valence-corrected chi connectivity index (χ2v) is 7.14. The zero-order chi connectivity index (χ0) is 21.5. The first kappa shape index (κ1) is 23.5. The fourth-order valence-electron chi connectivity index (χ4n) is 3.70. The van der Waals surface area contributed by atoms with Crippen LogP contribution in [0.2, 0.25) is 0 Å². The van der Waals surface area contributed by atoms with Crippen molar-refractivity contribution >= 4 is 0 Å². The number of ether oxygens (including phenoxy) is 1. The van der Waals surface area contributed by atoms with Crippen LogP contribution in [0.4, 0.5) is 48.3 Å². The summed E-state index contributed by atoms with van der Waals surface area (Å²) in [6.45, 7) is 0. The Morgan fingerprint density at radius 3 is 1.96 bits per heavy atom. The second kappa shape index (κ2) is 7.79. The van der Waals surface area contributed by atoms with Crippen molar-refractivity contribution in [2.45, 2.75) is 74.9 Å². The maximum Gasteiger partial charge on any atom is 0.429 e. The molecule has 0 spiro atoms. The monoisotopic (exact) mass is 434 g/mol. The van der Waals surface area contributed by atoms with E-state index in [-0.39, 0.29) is 32.1 Å². The van der Waals surface area contributed by atoms with Crippen LogP contribution >= 0.6 is 0 Å². The zero-order valence-electron chi connectivity index (χ0n) is 14.2. The van der Waals surface area contributed by atoms with Gasteiger partial charge in [0.2, 0.25) is 0 Å². The highest BCUT2D eigenvalue weighted by molar-refractivity contribution is 5.16. The molecule has 1 aliphatic heterocycles. The van der Waals surface area contributed by atoms with Crippen molar-refractivity contribution < 1.29 is 53.0 Å². The smallest absolute Gasteiger partial charge is 0.371 e. The molecule has 1 nitrogen and oxygen atoms in total. The van der Waals surface area contributed by atoms with Crippen LogP contribution in [-0.2, 0) is 4.74 Å². The van der Waals surface area contributed by atoms with Crippen LogP contribution in [0.1, 0.15) is 38.5 Å². The van der Waals surface area contributed by atoms with Gasteiger partial charge in [-0.25, -0.2) is 8.78 Å². The lowest BCUT2D eigenvalue weighted by molar-refractivity contribution is -0.294. The van der Waals surface area contributed by atoms with Gasteiger partial charge >= 0.3 is 18.5 Å². The van der Waals surface area contributed by atoms with Gasteiger partial charge in [0.05, 0.1) is 12.0 Å². The molecule has 1 aliphatic carbocycles. The van der Waals surface area contributed by atoms with Crippen molar-refractivity contribution in [3.63, 3.8) is 0 Å². The van der Waals surface area contributed by atoms with Crippen LogP contribution in [0.25, 0.3) is 0 Å². The van der Waals surface area contributed by atoms with E-state index in [0.717, 1.165) is 6.42 Å². The molecule has 0 aromatic heterocycles. The molecule has 12 heteroatoms. The van der Waals surface area contributed by atoms with Gasteiger partial charge in [-0.15, -0.1) is 0 Å². The number of hydrogen-bond donors (Lipinski definition) is 0. The highest BCUT2D eigenvalue weighted by Crippen LogP contribution is 2.54. The average molecular weight is 434 g/mol. The molecule has 1 saturated heterocycles. The summed E-state index contributed by atoms with van der Waals surface area (Å²) >= 11 is 0. The molecule has 2 rings (SSSR count). The first-order valence-corrected chi connectivity index (χ1v) is 8.48. The number of rotatable bonds is 5. The first-order valence-electron chi connectivity index (χ1n) is 8.48. The van der Waals surface area contributed by atoms with Gasteiger partial charge in [0.1, 0.15) is 6.10 Å². The molecule has 5 unspecified atom stereocenters. The normalized spacial score (nSPS) is 32.1.